The standard InChI is InChI=1S/C10H16N2O2/c1-14-9(5-6-11)10(13)12-7-3-2-4-8-12/h9H,2-5,7-8H2,1H3. The van der Waals surface area contributed by atoms with E-state index in [1.807, 2.05) is 6.07 Å². The third-order valence-corrected chi connectivity index (χ3v) is 2.50. The monoisotopic (exact) mass is 196 g/mol. The number of ether oxygens (including phenoxy) is 1. The second-order valence-corrected chi connectivity index (χ2v) is 3.47. The summed E-state index contributed by atoms with van der Waals surface area (Å²) < 4.78 is 4.99. The molecule has 1 heterocycles. The molecule has 0 bridgehead atoms. The van der Waals surface area contributed by atoms with Crippen LogP contribution < -0.4 is 0 Å². The molecular weight excluding hydrogens is 180 g/mol. The fourth-order valence-electron chi connectivity index (χ4n) is 1.67. The van der Waals surface area contributed by atoms with Crippen molar-refractivity contribution in [3.05, 3.63) is 0 Å². The Labute approximate surface area is 84.4 Å². The van der Waals surface area contributed by atoms with Crippen LogP contribution in [0, 0.1) is 11.3 Å². The number of hydrogen-bond donors (Lipinski definition) is 0. The van der Waals surface area contributed by atoms with Crippen LogP contribution in [0.4, 0.5) is 0 Å². The Kier molecular flexibility index (Phi) is 4.41. The minimum absolute atomic E-state index is 0.0336. The molecule has 0 N–H and O–H groups in total. The molecule has 4 nitrogen and oxygen atoms in total. The molecule has 0 aromatic carbocycles. The van der Waals surface area contributed by atoms with E-state index in [1.165, 1.54) is 13.5 Å². The molecule has 0 aliphatic carbocycles. The van der Waals surface area contributed by atoms with Crippen molar-refractivity contribution in [1.82, 2.24) is 4.90 Å². The van der Waals surface area contributed by atoms with Crippen molar-refractivity contribution < 1.29 is 9.53 Å². The van der Waals surface area contributed by atoms with E-state index in [0.717, 1.165) is 25.9 Å². The maximum atomic E-state index is 11.8. The predicted molar refractivity (Wildman–Crippen MR) is 51.5 cm³/mol. The van der Waals surface area contributed by atoms with Crippen LogP contribution in [0.15, 0.2) is 0 Å². The molecular formula is C10H16N2O2. The van der Waals surface area contributed by atoms with Crippen molar-refractivity contribution in [2.45, 2.75) is 31.8 Å². The number of piperidine rings is 1. The number of hydrogen-bond acceptors (Lipinski definition) is 3. The summed E-state index contributed by atoms with van der Waals surface area (Å²) in [5.41, 5.74) is 0. The first-order valence-electron chi connectivity index (χ1n) is 4.98. The van der Waals surface area contributed by atoms with Crippen LogP contribution in [-0.4, -0.2) is 37.1 Å². The van der Waals surface area contributed by atoms with Crippen molar-refractivity contribution in [2.75, 3.05) is 20.2 Å². The van der Waals surface area contributed by atoms with Gasteiger partial charge in [0.05, 0.1) is 12.5 Å². The summed E-state index contributed by atoms with van der Waals surface area (Å²) in [6.07, 6.45) is 2.90. The first-order chi connectivity index (χ1) is 6.79. The number of amides is 1. The fraction of sp³-hybridized carbons (Fsp3) is 0.800. The minimum atomic E-state index is -0.571. The first-order valence-corrected chi connectivity index (χ1v) is 4.98. The van der Waals surface area contributed by atoms with Gasteiger partial charge in [-0.1, -0.05) is 0 Å². The van der Waals surface area contributed by atoms with Gasteiger partial charge in [-0.3, -0.25) is 4.79 Å². The van der Waals surface area contributed by atoms with E-state index in [2.05, 4.69) is 0 Å². The highest BCUT2D eigenvalue weighted by Gasteiger charge is 2.24. The molecule has 1 rings (SSSR count). The summed E-state index contributed by atoms with van der Waals surface area (Å²) in [5, 5.41) is 8.51. The van der Waals surface area contributed by atoms with E-state index >= 15 is 0 Å². The highest BCUT2D eigenvalue weighted by atomic mass is 16.5. The molecule has 1 unspecified atom stereocenters. The quantitative estimate of drug-likeness (QED) is 0.674. The second-order valence-electron chi connectivity index (χ2n) is 3.47. The summed E-state index contributed by atoms with van der Waals surface area (Å²) in [7, 11) is 1.48. The molecule has 4 heteroatoms. The molecule has 0 aromatic heterocycles. The lowest BCUT2D eigenvalue weighted by Crippen LogP contribution is -2.42. The van der Waals surface area contributed by atoms with Gasteiger partial charge in [-0.05, 0) is 19.3 Å². The SMILES string of the molecule is COC(CC#N)C(=O)N1CCCCC1. The Balaban J connectivity index is 2.48. The van der Waals surface area contributed by atoms with Gasteiger partial charge in [0, 0.05) is 20.2 Å². The van der Waals surface area contributed by atoms with E-state index in [1.54, 1.807) is 4.90 Å². The smallest absolute Gasteiger partial charge is 0.252 e. The van der Waals surface area contributed by atoms with Gasteiger partial charge in [-0.2, -0.15) is 5.26 Å². The van der Waals surface area contributed by atoms with Gasteiger partial charge in [0.1, 0.15) is 6.10 Å². The topological polar surface area (TPSA) is 53.3 Å². The lowest BCUT2D eigenvalue weighted by Gasteiger charge is -2.29. The number of nitrogens with zero attached hydrogens (tertiary/aromatic N) is 2. The van der Waals surface area contributed by atoms with Crippen LogP contribution in [0.1, 0.15) is 25.7 Å². The van der Waals surface area contributed by atoms with Gasteiger partial charge in [0.2, 0.25) is 0 Å². The first kappa shape index (κ1) is 11.0. The molecule has 1 aliphatic heterocycles. The molecule has 1 amide bonds. The molecule has 78 valence electrons. The zero-order valence-electron chi connectivity index (χ0n) is 8.53. The normalized spacial score (nSPS) is 18.7. The Hall–Kier alpha value is -1.08. The lowest BCUT2D eigenvalue weighted by molar-refractivity contribution is -0.142. The Morgan fingerprint density at radius 1 is 1.50 bits per heavy atom. The molecule has 1 atom stereocenters. The molecule has 1 saturated heterocycles. The van der Waals surface area contributed by atoms with Crippen LogP contribution in [0.3, 0.4) is 0 Å². The molecule has 0 saturated carbocycles. The van der Waals surface area contributed by atoms with Gasteiger partial charge in [-0.25, -0.2) is 0 Å². The highest BCUT2D eigenvalue weighted by Crippen LogP contribution is 2.12. The molecule has 0 spiro atoms. The fourth-order valence-corrected chi connectivity index (χ4v) is 1.67. The Bertz CT molecular complexity index is 229. The van der Waals surface area contributed by atoms with Crippen LogP contribution >= 0.6 is 0 Å². The summed E-state index contributed by atoms with van der Waals surface area (Å²) >= 11 is 0. The van der Waals surface area contributed by atoms with Crippen molar-refractivity contribution in [3.8, 4) is 6.07 Å². The minimum Gasteiger partial charge on any atom is -0.371 e. The number of likely N-dealkylation sites (tertiary alicyclic amines) is 1. The second kappa shape index (κ2) is 5.61. The maximum Gasteiger partial charge on any atom is 0.252 e. The summed E-state index contributed by atoms with van der Waals surface area (Å²) in [5.74, 6) is -0.0336. The number of carbonyl (C=O) groups is 1. The summed E-state index contributed by atoms with van der Waals surface area (Å²) in [4.78, 5) is 13.6. The summed E-state index contributed by atoms with van der Waals surface area (Å²) in [6.45, 7) is 1.62. The van der Waals surface area contributed by atoms with Crippen molar-refractivity contribution in [3.63, 3.8) is 0 Å². The van der Waals surface area contributed by atoms with E-state index in [4.69, 9.17) is 10.00 Å². The van der Waals surface area contributed by atoms with Gasteiger partial charge in [0.15, 0.2) is 0 Å². The zero-order valence-corrected chi connectivity index (χ0v) is 8.53. The van der Waals surface area contributed by atoms with E-state index in [0.29, 0.717) is 0 Å². The largest absolute Gasteiger partial charge is 0.371 e. The molecule has 14 heavy (non-hydrogen) atoms. The summed E-state index contributed by atoms with van der Waals surface area (Å²) in [6, 6.07) is 1.97. The number of nitriles is 1. The molecule has 1 fully saturated rings. The van der Waals surface area contributed by atoms with Gasteiger partial charge in [-0.15, -0.1) is 0 Å². The van der Waals surface area contributed by atoms with Crippen LogP contribution in [0.2, 0.25) is 0 Å². The Morgan fingerprint density at radius 3 is 2.64 bits per heavy atom. The third-order valence-electron chi connectivity index (χ3n) is 2.50. The van der Waals surface area contributed by atoms with Crippen molar-refractivity contribution >= 4 is 5.91 Å². The molecule has 0 radical (unpaired) electrons. The van der Waals surface area contributed by atoms with Gasteiger partial charge >= 0.3 is 0 Å². The Morgan fingerprint density at radius 2 is 2.14 bits per heavy atom. The van der Waals surface area contributed by atoms with Gasteiger partial charge < -0.3 is 9.64 Å². The number of methoxy groups -OCH3 is 1. The van der Waals surface area contributed by atoms with E-state index in [-0.39, 0.29) is 12.3 Å². The van der Waals surface area contributed by atoms with Crippen molar-refractivity contribution in [2.24, 2.45) is 0 Å². The number of carbonyl (C=O) groups excluding carboxylic acids is 1. The average molecular weight is 196 g/mol. The highest BCUT2D eigenvalue weighted by molar-refractivity contribution is 5.81. The zero-order chi connectivity index (χ0) is 10.4. The maximum absolute atomic E-state index is 11.8. The van der Waals surface area contributed by atoms with Crippen LogP contribution in [0.25, 0.3) is 0 Å². The van der Waals surface area contributed by atoms with E-state index in [9.17, 15) is 4.79 Å². The van der Waals surface area contributed by atoms with Gasteiger partial charge in [0.25, 0.3) is 5.91 Å². The lowest BCUT2D eigenvalue weighted by atomic mass is 10.1. The van der Waals surface area contributed by atoms with E-state index < -0.39 is 6.10 Å². The molecule has 1 aliphatic rings. The third kappa shape index (κ3) is 2.71. The molecule has 0 aromatic rings. The average Bonchev–Trinajstić information content (AvgIpc) is 2.26. The predicted octanol–water partition coefficient (Wildman–Crippen LogP) is 0.928. The van der Waals surface area contributed by atoms with Crippen LogP contribution in [-0.2, 0) is 9.53 Å². The van der Waals surface area contributed by atoms with Crippen molar-refractivity contribution in [1.29, 1.82) is 5.26 Å². The van der Waals surface area contributed by atoms with Crippen LogP contribution in [0.5, 0.6) is 0 Å². The number of rotatable bonds is 3.